The van der Waals surface area contributed by atoms with Crippen LogP contribution in [0.25, 0.3) is 0 Å². The van der Waals surface area contributed by atoms with Gasteiger partial charge in [0.2, 0.25) is 0 Å². The summed E-state index contributed by atoms with van der Waals surface area (Å²) in [6.07, 6.45) is 2.31. The van der Waals surface area contributed by atoms with Crippen LogP contribution in [0.5, 0.6) is 5.75 Å². The minimum Gasteiger partial charge on any atom is -0.496 e. The summed E-state index contributed by atoms with van der Waals surface area (Å²) >= 11 is 0. The number of benzene rings is 1. The Morgan fingerprint density at radius 3 is 2.87 bits per heavy atom. The first-order chi connectivity index (χ1) is 11.2. The minimum atomic E-state index is 0.0207. The van der Waals surface area contributed by atoms with Gasteiger partial charge in [-0.2, -0.15) is 0 Å². The van der Waals surface area contributed by atoms with Crippen LogP contribution in [0.4, 0.5) is 0 Å². The summed E-state index contributed by atoms with van der Waals surface area (Å²) in [5.41, 5.74) is 3.78. The van der Waals surface area contributed by atoms with Crippen LogP contribution in [0.1, 0.15) is 39.9 Å². The molecule has 0 saturated carbocycles. The molecule has 0 unspecified atom stereocenters. The maximum absolute atomic E-state index is 12.9. The number of methoxy groups -OCH3 is 1. The molecular formula is C18H22N2O3. The molecule has 0 aliphatic carbocycles. The van der Waals surface area contributed by atoms with Crippen LogP contribution in [-0.4, -0.2) is 36.2 Å². The van der Waals surface area contributed by atoms with Crippen molar-refractivity contribution in [2.45, 2.75) is 33.1 Å². The van der Waals surface area contributed by atoms with E-state index in [1.165, 1.54) is 11.1 Å². The van der Waals surface area contributed by atoms with Gasteiger partial charge in [-0.15, -0.1) is 0 Å². The summed E-state index contributed by atoms with van der Waals surface area (Å²) in [4.78, 5) is 14.8. The number of nitrogens with zero attached hydrogens (tertiary/aromatic N) is 2. The number of aryl methyl sites for hydroxylation is 2. The maximum Gasteiger partial charge on any atom is 0.259 e. The van der Waals surface area contributed by atoms with Gasteiger partial charge in [-0.25, -0.2) is 0 Å². The van der Waals surface area contributed by atoms with E-state index in [1.807, 2.05) is 30.9 Å². The molecule has 1 aliphatic rings. The summed E-state index contributed by atoms with van der Waals surface area (Å²) < 4.78 is 10.7. The van der Waals surface area contributed by atoms with Crippen molar-refractivity contribution < 1.29 is 14.1 Å². The number of hydrogen-bond acceptors (Lipinski definition) is 4. The Balaban J connectivity index is 1.84. The lowest BCUT2D eigenvalue weighted by molar-refractivity contribution is 0.0760. The zero-order chi connectivity index (χ0) is 16.4. The van der Waals surface area contributed by atoms with Crippen molar-refractivity contribution in [1.82, 2.24) is 10.1 Å². The van der Waals surface area contributed by atoms with Crippen molar-refractivity contribution >= 4 is 5.91 Å². The van der Waals surface area contributed by atoms with Gasteiger partial charge in [0.1, 0.15) is 17.1 Å². The molecule has 2 aromatic rings. The number of carbonyl (C=O) groups is 1. The highest BCUT2D eigenvalue weighted by molar-refractivity contribution is 5.96. The highest BCUT2D eigenvalue weighted by Crippen LogP contribution is 2.27. The van der Waals surface area contributed by atoms with Crippen molar-refractivity contribution in [2.24, 2.45) is 0 Å². The van der Waals surface area contributed by atoms with Crippen LogP contribution in [0, 0.1) is 6.92 Å². The third kappa shape index (κ3) is 2.83. The van der Waals surface area contributed by atoms with E-state index in [9.17, 15) is 4.79 Å². The zero-order valence-electron chi connectivity index (χ0n) is 13.9. The smallest absolute Gasteiger partial charge is 0.259 e. The van der Waals surface area contributed by atoms with E-state index in [-0.39, 0.29) is 5.91 Å². The van der Waals surface area contributed by atoms with Gasteiger partial charge in [-0.3, -0.25) is 4.79 Å². The summed E-state index contributed by atoms with van der Waals surface area (Å²) in [5, 5.41) is 3.95. The predicted molar refractivity (Wildman–Crippen MR) is 86.9 cm³/mol. The Morgan fingerprint density at radius 1 is 1.35 bits per heavy atom. The molecule has 1 aromatic carbocycles. The van der Waals surface area contributed by atoms with E-state index >= 15 is 0 Å². The molecule has 0 N–H and O–H groups in total. The lowest BCUT2D eigenvalue weighted by Gasteiger charge is -2.20. The third-order valence-corrected chi connectivity index (χ3v) is 4.49. The van der Waals surface area contributed by atoms with Crippen molar-refractivity contribution in [3.63, 3.8) is 0 Å². The summed E-state index contributed by atoms with van der Waals surface area (Å²) in [5.74, 6) is 1.60. The van der Waals surface area contributed by atoms with Gasteiger partial charge in [0.15, 0.2) is 0 Å². The van der Waals surface area contributed by atoms with Crippen LogP contribution in [0.3, 0.4) is 0 Å². The predicted octanol–water partition coefficient (Wildman–Crippen LogP) is 2.80. The van der Waals surface area contributed by atoms with Crippen LogP contribution in [-0.2, 0) is 19.3 Å². The number of carbonyl (C=O) groups excluding carboxylic acids is 1. The molecule has 122 valence electrons. The summed E-state index contributed by atoms with van der Waals surface area (Å²) in [7, 11) is 1.69. The molecule has 0 atom stereocenters. The van der Waals surface area contributed by atoms with E-state index in [0.717, 1.165) is 18.6 Å². The van der Waals surface area contributed by atoms with Crippen molar-refractivity contribution in [2.75, 3.05) is 20.2 Å². The van der Waals surface area contributed by atoms with E-state index < -0.39 is 0 Å². The second-order valence-corrected chi connectivity index (χ2v) is 5.81. The molecule has 5 heteroatoms. The van der Waals surface area contributed by atoms with E-state index in [4.69, 9.17) is 9.26 Å². The Bertz CT molecular complexity index is 721. The zero-order valence-corrected chi connectivity index (χ0v) is 13.9. The molecular weight excluding hydrogens is 292 g/mol. The van der Waals surface area contributed by atoms with Crippen LogP contribution in [0.2, 0.25) is 0 Å². The number of aromatic nitrogens is 1. The van der Waals surface area contributed by atoms with Gasteiger partial charge in [-0.05, 0) is 37.0 Å². The Kier molecular flexibility index (Phi) is 4.37. The van der Waals surface area contributed by atoms with E-state index in [0.29, 0.717) is 36.5 Å². The maximum atomic E-state index is 12.9. The van der Waals surface area contributed by atoms with Crippen LogP contribution in [0.15, 0.2) is 22.7 Å². The number of fused-ring (bicyclic) bond motifs is 1. The lowest BCUT2D eigenvalue weighted by Crippen LogP contribution is -2.34. The normalized spacial score (nSPS) is 14.3. The van der Waals surface area contributed by atoms with Gasteiger partial charge in [0, 0.05) is 19.5 Å². The molecule has 23 heavy (non-hydrogen) atoms. The fourth-order valence-corrected chi connectivity index (χ4v) is 3.23. The summed E-state index contributed by atoms with van der Waals surface area (Å²) in [6.45, 7) is 5.18. The van der Waals surface area contributed by atoms with E-state index in [2.05, 4.69) is 11.2 Å². The molecule has 0 radical (unpaired) electrons. The third-order valence-electron chi connectivity index (χ3n) is 4.49. The molecule has 1 amide bonds. The number of amides is 1. The van der Waals surface area contributed by atoms with Gasteiger partial charge in [-0.1, -0.05) is 24.2 Å². The molecule has 0 saturated heterocycles. The molecule has 3 rings (SSSR count). The fourth-order valence-electron chi connectivity index (χ4n) is 3.23. The minimum absolute atomic E-state index is 0.0207. The Hall–Kier alpha value is -2.30. The second kappa shape index (κ2) is 6.44. The molecule has 1 aromatic heterocycles. The molecule has 0 bridgehead atoms. The summed E-state index contributed by atoms with van der Waals surface area (Å²) in [6, 6.07) is 6.11. The lowest BCUT2D eigenvalue weighted by atomic mass is 10.0. The molecule has 2 heterocycles. The Labute approximate surface area is 136 Å². The first-order valence-electron chi connectivity index (χ1n) is 8.04. The largest absolute Gasteiger partial charge is 0.496 e. The molecule has 5 nitrogen and oxygen atoms in total. The average Bonchev–Trinajstić information content (AvgIpc) is 2.80. The number of rotatable bonds is 3. The van der Waals surface area contributed by atoms with Crippen molar-refractivity contribution in [1.29, 1.82) is 0 Å². The topological polar surface area (TPSA) is 55.6 Å². The molecule has 1 aliphatic heterocycles. The average molecular weight is 314 g/mol. The van der Waals surface area contributed by atoms with Gasteiger partial charge in [0.05, 0.1) is 12.8 Å². The van der Waals surface area contributed by atoms with E-state index in [1.54, 1.807) is 7.11 Å². The SMILES string of the molecule is CCc1onc(C)c1C(=O)N1CCc2cccc(OC)c2CC1. The fraction of sp³-hybridized carbons (Fsp3) is 0.444. The van der Waals surface area contributed by atoms with Crippen molar-refractivity contribution in [3.05, 3.63) is 46.3 Å². The highest BCUT2D eigenvalue weighted by atomic mass is 16.5. The first kappa shape index (κ1) is 15.6. The van der Waals surface area contributed by atoms with Crippen LogP contribution >= 0.6 is 0 Å². The number of hydrogen-bond donors (Lipinski definition) is 0. The monoisotopic (exact) mass is 314 g/mol. The van der Waals surface area contributed by atoms with Crippen LogP contribution < -0.4 is 4.74 Å². The quantitative estimate of drug-likeness (QED) is 0.874. The second-order valence-electron chi connectivity index (χ2n) is 5.81. The van der Waals surface area contributed by atoms with Gasteiger partial charge < -0.3 is 14.2 Å². The van der Waals surface area contributed by atoms with Crippen molar-refractivity contribution in [3.8, 4) is 5.75 Å². The van der Waals surface area contributed by atoms with Gasteiger partial charge >= 0.3 is 0 Å². The highest BCUT2D eigenvalue weighted by Gasteiger charge is 2.26. The standard InChI is InChI=1S/C18H22N2O3/c1-4-15-17(12(2)19-23-15)18(21)20-10-8-13-6-5-7-16(22-3)14(13)9-11-20/h5-7H,4,8-11H2,1-3H3. The Morgan fingerprint density at radius 2 is 2.13 bits per heavy atom. The first-order valence-corrected chi connectivity index (χ1v) is 8.04. The molecule has 0 spiro atoms. The molecule has 0 fully saturated rings. The van der Waals surface area contributed by atoms with Gasteiger partial charge in [0.25, 0.3) is 5.91 Å². The number of ether oxygens (including phenoxy) is 1.